The minimum Gasteiger partial charge on any atom is -0.384 e. The van der Waals surface area contributed by atoms with E-state index in [1.165, 1.54) is 0 Å². The Hall–Kier alpha value is -1.80. The average molecular weight is 238 g/mol. The van der Waals surface area contributed by atoms with E-state index in [2.05, 4.69) is 20.5 Å². The van der Waals surface area contributed by atoms with Gasteiger partial charge in [-0.15, -0.1) is 5.10 Å². The SMILES string of the molecule is COCCc1noc(Cn2cc(CN)nn2)n1. The van der Waals surface area contributed by atoms with Crippen molar-refractivity contribution in [1.82, 2.24) is 25.1 Å². The van der Waals surface area contributed by atoms with Gasteiger partial charge in [0, 0.05) is 20.1 Å². The number of hydrogen-bond donors (Lipinski definition) is 1. The van der Waals surface area contributed by atoms with Crippen LogP contribution in [-0.2, 0) is 24.2 Å². The van der Waals surface area contributed by atoms with E-state index < -0.39 is 0 Å². The lowest BCUT2D eigenvalue weighted by Crippen LogP contribution is -2.02. The Morgan fingerprint density at radius 2 is 2.41 bits per heavy atom. The summed E-state index contributed by atoms with van der Waals surface area (Å²) >= 11 is 0. The van der Waals surface area contributed by atoms with Crippen LogP contribution in [0.1, 0.15) is 17.4 Å². The minimum absolute atomic E-state index is 0.364. The summed E-state index contributed by atoms with van der Waals surface area (Å²) in [6.45, 7) is 1.33. The van der Waals surface area contributed by atoms with Gasteiger partial charge in [0.05, 0.1) is 18.5 Å². The largest absolute Gasteiger partial charge is 0.384 e. The molecule has 0 saturated heterocycles. The van der Waals surface area contributed by atoms with Crippen molar-refractivity contribution in [2.24, 2.45) is 5.73 Å². The van der Waals surface area contributed by atoms with Crippen molar-refractivity contribution >= 4 is 0 Å². The number of rotatable bonds is 6. The van der Waals surface area contributed by atoms with Gasteiger partial charge in [0.15, 0.2) is 5.82 Å². The van der Waals surface area contributed by atoms with Gasteiger partial charge >= 0.3 is 0 Å². The van der Waals surface area contributed by atoms with Crippen LogP contribution in [-0.4, -0.2) is 38.9 Å². The first-order valence-corrected chi connectivity index (χ1v) is 5.21. The van der Waals surface area contributed by atoms with Crippen molar-refractivity contribution in [3.63, 3.8) is 0 Å². The number of nitrogens with zero attached hydrogens (tertiary/aromatic N) is 5. The summed E-state index contributed by atoms with van der Waals surface area (Å²) in [5.74, 6) is 1.12. The molecule has 0 aliphatic heterocycles. The molecule has 0 saturated carbocycles. The molecule has 0 radical (unpaired) electrons. The zero-order valence-corrected chi connectivity index (χ0v) is 9.54. The Balaban J connectivity index is 1.96. The quantitative estimate of drug-likeness (QED) is 0.713. The third-order valence-electron chi connectivity index (χ3n) is 2.13. The summed E-state index contributed by atoms with van der Waals surface area (Å²) in [5, 5.41) is 11.6. The van der Waals surface area contributed by atoms with Gasteiger partial charge in [0.25, 0.3) is 0 Å². The minimum atomic E-state index is 0.364. The highest BCUT2D eigenvalue weighted by Crippen LogP contribution is 2.01. The third-order valence-corrected chi connectivity index (χ3v) is 2.13. The summed E-state index contributed by atoms with van der Waals surface area (Å²) in [6.07, 6.45) is 2.38. The maximum Gasteiger partial charge on any atom is 0.248 e. The molecule has 0 amide bonds. The zero-order chi connectivity index (χ0) is 12.1. The Morgan fingerprint density at radius 1 is 1.53 bits per heavy atom. The van der Waals surface area contributed by atoms with Crippen molar-refractivity contribution in [1.29, 1.82) is 0 Å². The first kappa shape index (κ1) is 11.7. The highest BCUT2D eigenvalue weighted by atomic mass is 16.5. The second-order valence-corrected chi connectivity index (χ2v) is 3.46. The van der Waals surface area contributed by atoms with Gasteiger partial charge in [0.2, 0.25) is 5.89 Å². The van der Waals surface area contributed by atoms with Crippen molar-refractivity contribution < 1.29 is 9.26 Å². The van der Waals surface area contributed by atoms with Gasteiger partial charge in [-0.1, -0.05) is 10.4 Å². The van der Waals surface area contributed by atoms with E-state index in [1.807, 2.05) is 0 Å². The number of ether oxygens (including phenoxy) is 1. The van der Waals surface area contributed by atoms with Crippen LogP contribution in [0.5, 0.6) is 0 Å². The third kappa shape index (κ3) is 3.08. The summed E-state index contributed by atoms with van der Waals surface area (Å²) in [6, 6.07) is 0. The number of methoxy groups -OCH3 is 1. The molecule has 0 bridgehead atoms. The lowest BCUT2D eigenvalue weighted by molar-refractivity contribution is 0.199. The second-order valence-electron chi connectivity index (χ2n) is 3.46. The second kappa shape index (κ2) is 5.51. The molecule has 17 heavy (non-hydrogen) atoms. The Kier molecular flexibility index (Phi) is 3.78. The molecule has 0 aliphatic rings. The molecule has 2 rings (SSSR count). The topological polar surface area (TPSA) is 105 Å². The van der Waals surface area contributed by atoms with Gasteiger partial charge in [-0.3, -0.25) is 0 Å². The molecule has 92 valence electrons. The summed E-state index contributed by atoms with van der Waals surface area (Å²) < 4.78 is 11.6. The maximum absolute atomic E-state index is 5.43. The molecule has 2 heterocycles. The van der Waals surface area contributed by atoms with E-state index in [4.69, 9.17) is 15.0 Å². The summed E-state index contributed by atoms with van der Waals surface area (Å²) in [5.41, 5.74) is 6.16. The van der Waals surface area contributed by atoms with Crippen molar-refractivity contribution in [2.45, 2.75) is 19.5 Å². The van der Waals surface area contributed by atoms with Crippen LogP contribution in [0.4, 0.5) is 0 Å². The number of aromatic nitrogens is 5. The lowest BCUT2D eigenvalue weighted by Gasteiger charge is -1.92. The fourth-order valence-electron chi connectivity index (χ4n) is 1.30. The van der Waals surface area contributed by atoms with E-state index in [0.717, 1.165) is 5.69 Å². The fourth-order valence-corrected chi connectivity index (χ4v) is 1.30. The van der Waals surface area contributed by atoms with E-state index in [-0.39, 0.29) is 0 Å². The Labute approximate surface area is 97.7 Å². The van der Waals surface area contributed by atoms with Gasteiger partial charge in [0.1, 0.15) is 6.54 Å². The average Bonchev–Trinajstić information content (AvgIpc) is 2.96. The van der Waals surface area contributed by atoms with Crippen molar-refractivity contribution in [3.05, 3.63) is 23.6 Å². The molecule has 0 aromatic carbocycles. The molecule has 0 fully saturated rings. The highest BCUT2D eigenvalue weighted by molar-refractivity contribution is 4.93. The predicted octanol–water partition coefficient (Wildman–Crippen LogP) is -0.643. The molecule has 2 aromatic heterocycles. The van der Waals surface area contributed by atoms with Crippen LogP contribution in [0.25, 0.3) is 0 Å². The number of hydrogen-bond acceptors (Lipinski definition) is 7. The van der Waals surface area contributed by atoms with Crippen LogP contribution in [0.15, 0.2) is 10.7 Å². The molecule has 0 aliphatic carbocycles. The molecule has 2 aromatic rings. The van der Waals surface area contributed by atoms with E-state index in [1.54, 1.807) is 18.0 Å². The van der Waals surface area contributed by atoms with Crippen LogP contribution >= 0.6 is 0 Å². The summed E-state index contributed by atoms with van der Waals surface area (Å²) in [7, 11) is 1.63. The predicted molar refractivity (Wildman–Crippen MR) is 56.9 cm³/mol. The van der Waals surface area contributed by atoms with Crippen LogP contribution < -0.4 is 5.73 Å². The van der Waals surface area contributed by atoms with Crippen molar-refractivity contribution in [2.75, 3.05) is 13.7 Å². The Morgan fingerprint density at radius 3 is 3.12 bits per heavy atom. The van der Waals surface area contributed by atoms with Gasteiger partial charge in [-0.2, -0.15) is 4.98 Å². The van der Waals surface area contributed by atoms with Gasteiger partial charge < -0.3 is 15.0 Å². The van der Waals surface area contributed by atoms with E-state index >= 15 is 0 Å². The van der Waals surface area contributed by atoms with E-state index in [9.17, 15) is 0 Å². The highest BCUT2D eigenvalue weighted by Gasteiger charge is 2.08. The maximum atomic E-state index is 5.43. The molecular weight excluding hydrogens is 224 g/mol. The molecule has 2 N–H and O–H groups in total. The molecule has 0 spiro atoms. The molecule has 0 unspecified atom stereocenters. The van der Waals surface area contributed by atoms with Gasteiger partial charge in [-0.05, 0) is 0 Å². The first-order chi connectivity index (χ1) is 8.31. The number of nitrogens with two attached hydrogens (primary N) is 1. The first-order valence-electron chi connectivity index (χ1n) is 5.21. The van der Waals surface area contributed by atoms with Crippen molar-refractivity contribution in [3.8, 4) is 0 Å². The monoisotopic (exact) mass is 238 g/mol. The fraction of sp³-hybridized carbons (Fsp3) is 0.556. The van der Waals surface area contributed by atoms with Gasteiger partial charge in [-0.25, -0.2) is 4.68 Å². The normalized spacial score (nSPS) is 10.9. The summed E-state index contributed by atoms with van der Waals surface area (Å²) in [4.78, 5) is 4.20. The Bertz CT molecular complexity index is 466. The van der Waals surface area contributed by atoms with Crippen LogP contribution in [0.2, 0.25) is 0 Å². The lowest BCUT2D eigenvalue weighted by atomic mass is 10.4. The molecule has 8 heteroatoms. The van der Waals surface area contributed by atoms with Crippen LogP contribution in [0.3, 0.4) is 0 Å². The smallest absolute Gasteiger partial charge is 0.248 e. The zero-order valence-electron chi connectivity index (χ0n) is 9.54. The molecular formula is C9H14N6O2. The molecule has 8 nitrogen and oxygen atoms in total. The van der Waals surface area contributed by atoms with E-state index in [0.29, 0.717) is 37.8 Å². The van der Waals surface area contributed by atoms with Crippen LogP contribution in [0, 0.1) is 0 Å². The molecule has 0 atom stereocenters. The standard InChI is InChI=1S/C9H14N6O2/c1-16-3-2-8-11-9(17-13-8)6-15-5-7(4-10)12-14-15/h5H,2-4,6,10H2,1H3.